The van der Waals surface area contributed by atoms with Crippen LogP contribution in [0.3, 0.4) is 0 Å². The van der Waals surface area contributed by atoms with Gasteiger partial charge in [-0.05, 0) is 44.6 Å². The lowest BCUT2D eigenvalue weighted by Crippen LogP contribution is -2.53. The van der Waals surface area contributed by atoms with Crippen LogP contribution in [0, 0.1) is 23.2 Å². The van der Waals surface area contributed by atoms with Gasteiger partial charge >= 0.3 is 0 Å². The average molecular weight is 495 g/mol. The number of allylic oxidation sites excluding steroid dienone is 1. The lowest BCUT2D eigenvalue weighted by atomic mass is 9.70. The van der Waals surface area contributed by atoms with Crippen molar-refractivity contribution in [1.29, 1.82) is 0 Å². The van der Waals surface area contributed by atoms with Gasteiger partial charge in [0, 0.05) is 18.5 Å². The third-order valence-corrected chi connectivity index (χ3v) is 7.82. The van der Waals surface area contributed by atoms with E-state index >= 15 is 0 Å². The number of amides is 3. The summed E-state index contributed by atoms with van der Waals surface area (Å²) in [5.74, 6) is -1.57. The molecule has 0 aromatic heterocycles. The molecule has 3 amide bonds. The quantitative estimate of drug-likeness (QED) is 0.387. The number of aliphatic imine (C=N–C) groups is 1. The van der Waals surface area contributed by atoms with E-state index in [1.54, 1.807) is 24.9 Å². The minimum Gasteiger partial charge on any atom is -0.369 e. The molecule has 3 rings (SSSR count). The van der Waals surface area contributed by atoms with Crippen LogP contribution in [0.1, 0.15) is 77.7 Å². The number of para-hydroxylation sites is 1. The Morgan fingerprint density at radius 1 is 1.22 bits per heavy atom. The molecule has 36 heavy (non-hydrogen) atoms. The second kappa shape index (κ2) is 11.8. The second-order valence-electron chi connectivity index (χ2n) is 11.0. The maximum atomic E-state index is 13.8. The molecule has 0 bridgehead atoms. The van der Waals surface area contributed by atoms with E-state index in [0.29, 0.717) is 6.42 Å². The number of benzene rings is 1. The van der Waals surface area contributed by atoms with Gasteiger partial charge in [-0.25, -0.2) is 0 Å². The Labute approximate surface area is 215 Å². The van der Waals surface area contributed by atoms with Crippen LogP contribution in [0.5, 0.6) is 0 Å². The first-order valence-corrected chi connectivity index (χ1v) is 13.3. The van der Waals surface area contributed by atoms with Crippen LogP contribution >= 0.6 is 0 Å². The van der Waals surface area contributed by atoms with Gasteiger partial charge < -0.3 is 16.0 Å². The normalized spacial score (nSPS) is 21.5. The van der Waals surface area contributed by atoms with Crippen LogP contribution in [-0.4, -0.2) is 36.6 Å². The van der Waals surface area contributed by atoms with Crippen LogP contribution in [0.2, 0.25) is 0 Å². The molecule has 1 aliphatic carbocycles. The van der Waals surface area contributed by atoms with Gasteiger partial charge in [0.2, 0.25) is 18.0 Å². The van der Waals surface area contributed by atoms with Gasteiger partial charge in [0.25, 0.3) is 5.91 Å². The predicted molar refractivity (Wildman–Crippen MR) is 145 cm³/mol. The van der Waals surface area contributed by atoms with Crippen molar-refractivity contribution in [1.82, 2.24) is 5.32 Å². The summed E-state index contributed by atoms with van der Waals surface area (Å²) >= 11 is 0. The summed E-state index contributed by atoms with van der Waals surface area (Å²) in [4.78, 5) is 46.4. The fourth-order valence-electron chi connectivity index (χ4n) is 5.60. The van der Waals surface area contributed by atoms with Crippen molar-refractivity contribution in [3.63, 3.8) is 0 Å². The highest BCUT2D eigenvalue weighted by molar-refractivity contribution is 6.14. The number of carbonyl (C=O) groups is 3. The van der Waals surface area contributed by atoms with E-state index in [-0.39, 0.29) is 30.1 Å². The van der Waals surface area contributed by atoms with Crippen molar-refractivity contribution >= 4 is 29.1 Å². The van der Waals surface area contributed by atoms with E-state index in [1.165, 1.54) is 12.8 Å². The van der Waals surface area contributed by atoms with Gasteiger partial charge in [-0.2, -0.15) is 0 Å². The SMILES string of the molecule is C=CC[C@@](C)(C(N)=O)[C@@H](CC(C)C)C(=O)NC1N=C(C2CCCCCC2)c2ccccc2N(C)C1=O. The zero-order chi connectivity index (χ0) is 26.5. The maximum absolute atomic E-state index is 13.8. The molecular formula is C29H42N4O3. The molecule has 1 unspecified atom stereocenters. The van der Waals surface area contributed by atoms with Crippen molar-refractivity contribution in [2.75, 3.05) is 11.9 Å². The second-order valence-corrected chi connectivity index (χ2v) is 11.0. The van der Waals surface area contributed by atoms with Crippen molar-refractivity contribution in [3.8, 4) is 0 Å². The molecule has 1 aliphatic heterocycles. The molecule has 1 aromatic carbocycles. The first-order valence-electron chi connectivity index (χ1n) is 13.3. The number of likely N-dealkylation sites (N-methyl/N-ethyl adjacent to an activating group) is 1. The molecule has 0 spiro atoms. The third-order valence-electron chi connectivity index (χ3n) is 7.82. The molecule has 0 saturated heterocycles. The van der Waals surface area contributed by atoms with E-state index in [0.717, 1.165) is 42.6 Å². The number of rotatable bonds is 9. The first-order chi connectivity index (χ1) is 17.1. The molecular weight excluding hydrogens is 452 g/mol. The molecule has 3 N–H and O–H groups in total. The number of fused-ring (bicyclic) bond motifs is 1. The van der Waals surface area contributed by atoms with Gasteiger partial charge in [0.05, 0.1) is 22.7 Å². The number of nitrogens with one attached hydrogen (secondary N) is 1. The first kappa shape index (κ1) is 27.6. The van der Waals surface area contributed by atoms with Crippen molar-refractivity contribution in [2.24, 2.45) is 33.9 Å². The molecule has 7 nitrogen and oxygen atoms in total. The lowest BCUT2D eigenvalue weighted by molar-refractivity contribution is -0.141. The Kier molecular flexibility index (Phi) is 9.09. The topological polar surface area (TPSA) is 105 Å². The van der Waals surface area contributed by atoms with Crippen LogP contribution in [0.25, 0.3) is 0 Å². The molecule has 7 heteroatoms. The molecule has 0 radical (unpaired) electrons. The van der Waals surface area contributed by atoms with Crippen LogP contribution in [-0.2, 0) is 14.4 Å². The summed E-state index contributed by atoms with van der Waals surface area (Å²) in [5.41, 5.74) is 7.32. The highest BCUT2D eigenvalue weighted by Gasteiger charge is 2.44. The Balaban J connectivity index is 2.02. The number of primary amides is 1. The summed E-state index contributed by atoms with van der Waals surface area (Å²) in [6, 6.07) is 7.83. The number of nitrogens with two attached hydrogens (primary N) is 1. The maximum Gasteiger partial charge on any atom is 0.272 e. The Morgan fingerprint density at radius 3 is 2.44 bits per heavy atom. The summed E-state index contributed by atoms with van der Waals surface area (Å²) in [6.45, 7) is 9.48. The predicted octanol–water partition coefficient (Wildman–Crippen LogP) is 4.59. The van der Waals surface area contributed by atoms with Crippen molar-refractivity contribution < 1.29 is 14.4 Å². The van der Waals surface area contributed by atoms with E-state index in [1.807, 2.05) is 38.1 Å². The molecule has 3 atom stereocenters. The van der Waals surface area contributed by atoms with Gasteiger partial charge in [-0.3, -0.25) is 19.4 Å². The number of benzodiazepines with no additional fused rings is 1. The number of hydrogen-bond acceptors (Lipinski definition) is 4. The highest BCUT2D eigenvalue weighted by atomic mass is 16.2. The number of hydrogen-bond donors (Lipinski definition) is 2. The van der Waals surface area contributed by atoms with Crippen LogP contribution < -0.4 is 16.0 Å². The molecule has 2 aliphatic rings. The van der Waals surface area contributed by atoms with Gasteiger partial charge in [-0.1, -0.05) is 63.8 Å². The third kappa shape index (κ3) is 5.88. The molecule has 1 heterocycles. The zero-order valence-corrected chi connectivity index (χ0v) is 22.3. The van der Waals surface area contributed by atoms with Crippen LogP contribution in [0.4, 0.5) is 5.69 Å². The molecule has 1 aromatic rings. The lowest BCUT2D eigenvalue weighted by Gasteiger charge is -2.35. The molecule has 1 fully saturated rings. The monoisotopic (exact) mass is 494 g/mol. The van der Waals surface area contributed by atoms with E-state index < -0.39 is 23.4 Å². The fraction of sp³-hybridized carbons (Fsp3) is 0.586. The number of nitrogens with zero attached hydrogens (tertiary/aromatic N) is 2. The average Bonchev–Trinajstić information content (AvgIpc) is 3.17. The van der Waals surface area contributed by atoms with E-state index in [9.17, 15) is 14.4 Å². The van der Waals surface area contributed by atoms with Gasteiger partial charge in [0.1, 0.15) is 0 Å². The van der Waals surface area contributed by atoms with Gasteiger partial charge in [0.15, 0.2) is 0 Å². The number of carbonyl (C=O) groups excluding carboxylic acids is 3. The summed E-state index contributed by atoms with van der Waals surface area (Å²) in [7, 11) is 1.72. The minimum absolute atomic E-state index is 0.144. The van der Waals surface area contributed by atoms with Crippen LogP contribution in [0.15, 0.2) is 41.9 Å². The van der Waals surface area contributed by atoms with E-state index in [2.05, 4.69) is 11.9 Å². The van der Waals surface area contributed by atoms with Gasteiger partial charge in [-0.15, -0.1) is 6.58 Å². The Morgan fingerprint density at radius 2 is 1.86 bits per heavy atom. The Hall–Kier alpha value is -2.96. The number of anilines is 1. The zero-order valence-electron chi connectivity index (χ0n) is 22.3. The standard InChI is InChI=1S/C29H42N4O3/c1-6-17-29(4,28(30)36)22(18-19(2)3)26(34)32-25-27(35)33(5)23-16-12-11-15-21(23)24(31-25)20-13-9-7-8-10-14-20/h6,11-12,15-16,19-20,22,25H,1,7-10,13-14,17-18H2,2-5H3,(H2,30,36)(H,32,34)/t22-,25?,29+/m0/s1. The highest BCUT2D eigenvalue weighted by Crippen LogP contribution is 2.37. The van der Waals surface area contributed by atoms with Crippen molar-refractivity contribution in [3.05, 3.63) is 42.5 Å². The summed E-state index contributed by atoms with van der Waals surface area (Å²) < 4.78 is 0. The molecule has 1 saturated carbocycles. The minimum atomic E-state index is -1.12. The van der Waals surface area contributed by atoms with E-state index in [4.69, 9.17) is 10.7 Å². The smallest absolute Gasteiger partial charge is 0.272 e. The summed E-state index contributed by atoms with van der Waals surface area (Å²) in [5, 5.41) is 2.92. The molecule has 196 valence electrons. The summed E-state index contributed by atoms with van der Waals surface area (Å²) in [6.07, 6.45) is 7.97. The van der Waals surface area contributed by atoms with Crippen molar-refractivity contribution in [2.45, 2.75) is 78.3 Å². The largest absolute Gasteiger partial charge is 0.369 e. The fourth-order valence-corrected chi connectivity index (χ4v) is 5.60. The Bertz CT molecular complexity index is 1010.